The first-order valence-corrected chi connectivity index (χ1v) is 13.0. The number of amides is 2. The van der Waals surface area contributed by atoms with Crippen LogP contribution < -0.4 is 19.7 Å². The lowest BCUT2D eigenvalue weighted by Crippen LogP contribution is -2.48. The number of anilines is 2. The third-order valence-electron chi connectivity index (χ3n) is 6.75. The van der Waals surface area contributed by atoms with Gasteiger partial charge in [0.2, 0.25) is 5.91 Å². The van der Waals surface area contributed by atoms with Crippen LogP contribution in [0.3, 0.4) is 0 Å². The molecule has 0 unspecified atom stereocenters. The predicted molar refractivity (Wildman–Crippen MR) is 156 cm³/mol. The fourth-order valence-corrected chi connectivity index (χ4v) is 4.58. The topological polar surface area (TPSA) is 84.3 Å². The van der Waals surface area contributed by atoms with Crippen molar-refractivity contribution in [3.8, 4) is 22.8 Å². The zero-order valence-corrected chi connectivity index (χ0v) is 22.5. The first kappa shape index (κ1) is 26.6. The Labute approximate surface area is 233 Å². The second-order valence-electron chi connectivity index (χ2n) is 9.32. The molecule has 0 aliphatic carbocycles. The second kappa shape index (κ2) is 12.3. The summed E-state index contributed by atoms with van der Waals surface area (Å²) in [5.41, 5.74) is 3.26. The maximum Gasteiger partial charge on any atom is 0.254 e. The summed E-state index contributed by atoms with van der Waals surface area (Å²) in [6, 6.07) is 26.4. The lowest BCUT2D eigenvalue weighted by Gasteiger charge is -2.36. The van der Waals surface area contributed by atoms with Crippen molar-refractivity contribution in [2.75, 3.05) is 50.6 Å². The summed E-state index contributed by atoms with van der Waals surface area (Å²) in [5, 5.41) is 2.88. The van der Waals surface area contributed by atoms with E-state index in [1.54, 1.807) is 38.5 Å². The van der Waals surface area contributed by atoms with Gasteiger partial charge in [0.1, 0.15) is 23.0 Å². The quantitative estimate of drug-likeness (QED) is 0.296. The fourth-order valence-electron chi connectivity index (χ4n) is 4.58. The molecule has 8 heteroatoms. The van der Waals surface area contributed by atoms with E-state index in [-0.39, 0.29) is 11.8 Å². The maximum absolute atomic E-state index is 13.1. The van der Waals surface area contributed by atoms with Crippen LogP contribution in [0.15, 0.2) is 95.4 Å². The highest BCUT2D eigenvalue weighted by Gasteiger charge is 2.23. The number of ether oxygens (including phenoxy) is 2. The Morgan fingerprint density at radius 2 is 1.50 bits per heavy atom. The number of benzene rings is 3. The summed E-state index contributed by atoms with van der Waals surface area (Å²) in [6.07, 6.45) is 3.11. The van der Waals surface area contributed by atoms with E-state index < -0.39 is 0 Å². The molecule has 3 aromatic carbocycles. The number of methoxy groups -OCH3 is 2. The summed E-state index contributed by atoms with van der Waals surface area (Å²) in [5.74, 6) is 2.24. The number of rotatable bonds is 8. The van der Waals surface area contributed by atoms with Gasteiger partial charge in [-0.1, -0.05) is 30.3 Å². The summed E-state index contributed by atoms with van der Waals surface area (Å²) in [7, 11) is 3.13. The van der Waals surface area contributed by atoms with Gasteiger partial charge in [0.25, 0.3) is 5.91 Å². The Hall–Kier alpha value is -4.98. The van der Waals surface area contributed by atoms with Gasteiger partial charge in [0.15, 0.2) is 0 Å². The number of furan rings is 1. The molecule has 2 heterocycles. The van der Waals surface area contributed by atoms with Crippen LogP contribution in [0.5, 0.6) is 11.5 Å². The van der Waals surface area contributed by atoms with Crippen LogP contribution in [0.4, 0.5) is 11.4 Å². The predicted octanol–water partition coefficient (Wildman–Crippen LogP) is 5.58. The van der Waals surface area contributed by atoms with E-state index in [2.05, 4.69) is 10.2 Å². The molecule has 1 aromatic heterocycles. The van der Waals surface area contributed by atoms with Crippen LogP contribution in [0.1, 0.15) is 16.1 Å². The van der Waals surface area contributed by atoms with Gasteiger partial charge in [0.05, 0.1) is 14.2 Å². The zero-order valence-electron chi connectivity index (χ0n) is 22.5. The molecule has 0 atom stereocenters. The summed E-state index contributed by atoms with van der Waals surface area (Å²) < 4.78 is 16.4. The molecule has 2 amide bonds. The van der Waals surface area contributed by atoms with Gasteiger partial charge in [-0.05, 0) is 54.6 Å². The maximum atomic E-state index is 13.1. The lowest BCUT2D eigenvalue weighted by atomic mass is 10.1. The largest absolute Gasteiger partial charge is 0.497 e. The smallest absolute Gasteiger partial charge is 0.254 e. The molecule has 1 aliphatic heterocycles. The van der Waals surface area contributed by atoms with E-state index in [0.29, 0.717) is 54.7 Å². The minimum atomic E-state index is -0.244. The van der Waals surface area contributed by atoms with Gasteiger partial charge in [-0.2, -0.15) is 0 Å². The van der Waals surface area contributed by atoms with Crippen molar-refractivity contribution in [1.29, 1.82) is 0 Å². The van der Waals surface area contributed by atoms with E-state index in [4.69, 9.17) is 13.9 Å². The molecule has 0 saturated carbocycles. The Balaban J connectivity index is 1.13. The third-order valence-corrected chi connectivity index (χ3v) is 6.75. The van der Waals surface area contributed by atoms with E-state index in [1.165, 1.54) is 6.08 Å². The Bertz CT molecular complexity index is 1460. The first-order valence-electron chi connectivity index (χ1n) is 13.0. The average Bonchev–Trinajstić information content (AvgIpc) is 3.49. The van der Waals surface area contributed by atoms with Gasteiger partial charge in [-0.3, -0.25) is 9.59 Å². The van der Waals surface area contributed by atoms with Crippen molar-refractivity contribution in [3.63, 3.8) is 0 Å². The molecule has 0 radical (unpaired) electrons. The summed E-state index contributed by atoms with van der Waals surface area (Å²) in [4.78, 5) is 29.6. The van der Waals surface area contributed by atoms with Gasteiger partial charge in [-0.25, -0.2) is 0 Å². The molecule has 5 rings (SSSR count). The van der Waals surface area contributed by atoms with Crippen molar-refractivity contribution in [2.45, 2.75) is 0 Å². The van der Waals surface area contributed by atoms with Crippen LogP contribution in [-0.4, -0.2) is 57.1 Å². The van der Waals surface area contributed by atoms with Crippen LogP contribution in [0.25, 0.3) is 17.4 Å². The van der Waals surface area contributed by atoms with Gasteiger partial charge < -0.3 is 29.0 Å². The molecule has 40 heavy (non-hydrogen) atoms. The number of nitrogens with one attached hydrogen (secondary N) is 1. The van der Waals surface area contributed by atoms with Gasteiger partial charge >= 0.3 is 0 Å². The zero-order chi connectivity index (χ0) is 27.9. The van der Waals surface area contributed by atoms with Crippen LogP contribution in [0, 0.1) is 0 Å². The monoisotopic (exact) mass is 537 g/mol. The SMILES string of the molecule is COc1cc(OC)cc(C(=O)N2CCN(c3ccc(NC(=O)/C=C/c4ccc(-c5ccccc5)o4)cc3)CC2)c1. The van der Waals surface area contributed by atoms with E-state index in [9.17, 15) is 9.59 Å². The summed E-state index contributed by atoms with van der Waals surface area (Å²) in [6.45, 7) is 2.60. The Morgan fingerprint density at radius 3 is 2.15 bits per heavy atom. The highest BCUT2D eigenvalue weighted by molar-refractivity contribution is 6.01. The first-order chi connectivity index (χ1) is 19.5. The molecule has 1 fully saturated rings. The minimum Gasteiger partial charge on any atom is -0.497 e. The fraction of sp³-hybridized carbons (Fsp3) is 0.188. The molecular weight excluding hydrogens is 506 g/mol. The van der Waals surface area contributed by atoms with E-state index in [1.807, 2.05) is 71.6 Å². The van der Waals surface area contributed by atoms with Gasteiger partial charge in [-0.15, -0.1) is 0 Å². The Kier molecular flexibility index (Phi) is 8.15. The van der Waals surface area contributed by atoms with Crippen molar-refractivity contribution in [3.05, 3.63) is 102 Å². The minimum absolute atomic E-state index is 0.0474. The normalized spacial score (nSPS) is 13.3. The van der Waals surface area contributed by atoms with Crippen molar-refractivity contribution in [1.82, 2.24) is 4.90 Å². The average molecular weight is 538 g/mol. The van der Waals surface area contributed by atoms with Crippen molar-refractivity contribution < 1.29 is 23.5 Å². The molecular formula is C32H31N3O5. The van der Waals surface area contributed by atoms with Crippen LogP contribution in [-0.2, 0) is 4.79 Å². The number of carbonyl (C=O) groups excluding carboxylic acids is 2. The van der Waals surface area contributed by atoms with Crippen LogP contribution >= 0.6 is 0 Å². The number of hydrogen-bond donors (Lipinski definition) is 1. The molecule has 1 aliphatic rings. The number of carbonyl (C=O) groups is 2. The molecule has 8 nitrogen and oxygen atoms in total. The molecule has 0 spiro atoms. The Morgan fingerprint density at radius 1 is 0.825 bits per heavy atom. The third kappa shape index (κ3) is 6.35. The number of nitrogens with zero attached hydrogens (tertiary/aromatic N) is 2. The highest BCUT2D eigenvalue weighted by Crippen LogP contribution is 2.25. The lowest BCUT2D eigenvalue weighted by molar-refractivity contribution is -0.111. The van der Waals surface area contributed by atoms with Crippen molar-refractivity contribution in [2.24, 2.45) is 0 Å². The standard InChI is InChI=1S/C32H31N3O5/c1-38-28-20-24(21-29(22-28)39-2)32(37)35-18-16-34(17-19-35)26-10-8-25(9-11-26)33-31(36)15-13-27-12-14-30(40-27)23-6-4-3-5-7-23/h3-15,20-22H,16-19H2,1-2H3,(H,33,36)/b15-13+. The molecule has 204 valence electrons. The number of hydrogen-bond acceptors (Lipinski definition) is 6. The molecule has 1 N–H and O–H groups in total. The van der Waals surface area contributed by atoms with Gasteiger partial charge in [0, 0.05) is 60.8 Å². The number of piperazine rings is 1. The van der Waals surface area contributed by atoms with E-state index in [0.717, 1.165) is 17.0 Å². The molecule has 4 aromatic rings. The summed E-state index contributed by atoms with van der Waals surface area (Å²) >= 11 is 0. The van der Waals surface area contributed by atoms with E-state index >= 15 is 0 Å². The second-order valence-corrected chi connectivity index (χ2v) is 9.32. The molecule has 1 saturated heterocycles. The van der Waals surface area contributed by atoms with Crippen LogP contribution in [0.2, 0.25) is 0 Å². The molecule has 0 bridgehead atoms. The van der Waals surface area contributed by atoms with Crippen molar-refractivity contribution >= 4 is 29.3 Å². The highest BCUT2D eigenvalue weighted by atomic mass is 16.5.